The standard InChI is InChI=1S/C18H20N2O4S/c1-18(2,3)17(23)19-12-7-5-6-11(10-12)15(21)20-13-8-9-25-14(13)16(22)24-4/h5-10H,1-4H3,(H,19,23)(H,20,21). The monoisotopic (exact) mass is 360 g/mol. The van der Waals surface area contributed by atoms with Gasteiger partial charge >= 0.3 is 5.97 Å². The van der Waals surface area contributed by atoms with Crippen LogP contribution in [0.3, 0.4) is 0 Å². The molecule has 6 nitrogen and oxygen atoms in total. The first-order chi connectivity index (χ1) is 11.7. The highest BCUT2D eigenvalue weighted by Gasteiger charge is 2.21. The highest BCUT2D eigenvalue weighted by molar-refractivity contribution is 7.12. The fourth-order valence-electron chi connectivity index (χ4n) is 1.91. The predicted octanol–water partition coefficient (Wildman–Crippen LogP) is 3.77. The number of esters is 1. The zero-order valence-electron chi connectivity index (χ0n) is 14.5. The normalized spacial score (nSPS) is 10.9. The van der Waals surface area contributed by atoms with E-state index in [4.69, 9.17) is 0 Å². The van der Waals surface area contributed by atoms with Crippen molar-refractivity contribution >= 4 is 40.5 Å². The van der Waals surface area contributed by atoms with Gasteiger partial charge in [0.05, 0.1) is 12.8 Å². The molecule has 132 valence electrons. The zero-order valence-corrected chi connectivity index (χ0v) is 15.3. The van der Waals surface area contributed by atoms with Crippen molar-refractivity contribution in [1.29, 1.82) is 0 Å². The Labute approximate surface area is 150 Å². The Morgan fingerprint density at radius 2 is 1.80 bits per heavy atom. The molecule has 1 aromatic carbocycles. The highest BCUT2D eigenvalue weighted by Crippen LogP contribution is 2.24. The van der Waals surface area contributed by atoms with Gasteiger partial charge in [0.15, 0.2) is 0 Å². The van der Waals surface area contributed by atoms with E-state index >= 15 is 0 Å². The smallest absolute Gasteiger partial charge is 0.350 e. The van der Waals surface area contributed by atoms with Gasteiger partial charge in [0.25, 0.3) is 5.91 Å². The van der Waals surface area contributed by atoms with Gasteiger partial charge in [-0.3, -0.25) is 9.59 Å². The molecule has 0 aliphatic rings. The lowest BCUT2D eigenvalue weighted by atomic mass is 9.95. The van der Waals surface area contributed by atoms with Gasteiger partial charge in [-0.1, -0.05) is 26.8 Å². The third kappa shape index (κ3) is 4.67. The molecule has 0 bridgehead atoms. The van der Waals surface area contributed by atoms with Gasteiger partial charge in [-0.05, 0) is 29.6 Å². The van der Waals surface area contributed by atoms with Crippen molar-refractivity contribution in [3.8, 4) is 0 Å². The number of nitrogens with one attached hydrogen (secondary N) is 2. The van der Waals surface area contributed by atoms with Crippen LogP contribution >= 0.6 is 11.3 Å². The topological polar surface area (TPSA) is 84.5 Å². The predicted molar refractivity (Wildman–Crippen MR) is 98.1 cm³/mol. The van der Waals surface area contributed by atoms with E-state index in [0.29, 0.717) is 21.8 Å². The molecule has 0 saturated carbocycles. The van der Waals surface area contributed by atoms with Crippen molar-refractivity contribution in [2.24, 2.45) is 5.41 Å². The Morgan fingerprint density at radius 3 is 2.44 bits per heavy atom. The number of ether oxygens (including phenoxy) is 1. The summed E-state index contributed by atoms with van der Waals surface area (Å²) in [6.45, 7) is 5.43. The van der Waals surface area contributed by atoms with Crippen LogP contribution in [0.1, 0.15) is 40.8 Å². The average molecular weight is 360 g/mol. The highest BCUT2D eigenvalue weighted by atomic mass is 32.1. The molecule has 0 aliphatic heterocycles. The van der Waals surface area contributed by atoms with Crippen molar-refractivity contribution in [3.05, 3.63) is 46.2 Å². The summed E-state index contributed by atoms with van der Waals surface area (Å²) in [5.41, 5.74) is 0.760. The van der Waals surface area contributed by atoms with E-state index in [2.05, 4.69) is 15.4 Å². The molecule has 0 radical (unpaired) electrons. The zero-order chi connectivity index (χ0) is 18.6. The molecule has 2 amide bonds. The number of rotatable bonds is 4. The Hall–Kier alpha value is -2.67. The van der Waals surface area contributed by atoms with E-state index in [9.17, 15) is 14.4 Å². The fourth-order valence-corrected chi connectivity index (χ4v) is 2.68. The molecule has 0 saturated heterocycles. The number of carbonyl (C=O) groups is 3. The van der Waals surface area contributed by atoms with E-state index in [1.54, 1.807) is 35.7 Å². The minimum Gasteiger partial charge on any atom is -0.465 e. The molecule has 0 fully saturated rings. The van der Waals surface area contributed by atoms with Crippen LogP contribution in [0.25, 0.3) is 0 Å². The number of methoxy groups -OCH3 is 1. The molecule has 7 heteroatoms. The van der Waals surface area contributed by atoms with Gasteiger partial charge in [0, 0.05) is 16.7 Å². The number of anilines is 2. The minimum atomic E-state index is -0.537. The maximum Gasteiger partial charge on any atom is 0.350 e. The molecule has 0 aliphatic carbocycles. The summed E-state index contributed by atoms with van der Waals surface area (Å²) >= 11 is 1.19. The molecule has 2 aromatic rings. The summed E-state index contributed by atoms with van der Waals surface area (Å²) in [5, 5.41) is 7.17. The molecule has 25 heavy (non-hydrogen) atoms. The van der Waals surface area contributed by atoms with Crippen molar-refractivity contribution in [3.63, 3.8) is 0 Å². The van der Waals surface area contributed by atoms with Crippen molar-refractivity contribution in [2.45, 2.75) is 20.8 Å². The molecule has 0 unspecified atom stereocenters. The van der Waals surface area contributed by atoms with E-state index in [-0.39, 0.29) is 11.8 Å². The summed E-state index contributed by atoms with van der Waals surface area (Å²) in [6.07, 6.45) is 0. The molecule has 1 aromatic heterocycles. The van der Waals surface area contributed by atoms with Crippen LogP contribution in [0.2, 0.25) is 0 Å². The molecular formula is C18H20N2O4S. The van der Waals surface area contributed by atoms with Crippen molar-refractivity contribution in [2.75, 3.05) is 17.7 Å². The second-order valence-corrected chi connectivity index (χ2v) is 7.31. The van der Waals surface area contributed by atoms with Crippen LogP contribution in [-0.2, 0) is 9.53 Å². The third-order valence-corrected chi connectivity index (χ3v) is 4.24. The van der Waals surface area contributed by atoms with Crippen LogP contribution in [-0.4, -0.2) is 24.9 Å². The lowest BCUT2D eigenvalue weighted by molar-refractivity contribution is -0.123. The molecule has 0 spiro atoms. The van der Waals surface area contributed by atoms with E-state index in [0.717, 1.165) is 0 Å². The summed E-state index contributed by atoms with van der Waals surface area (Å²) in [5.74, 6) is -1.03. The van der Waals surface area contributed by atoms with Gasteiger partial charge < -0.3 is 15.4 Å². The summed E-state index contributed by atoms with van der Waals surface area (Å²) < 4.78 is 4.69. The van der Waals surface area contributed by atoms with Crippen LogP contribution in [0.5, 0.6) is 0 Å². The number of hydrogen-bond donors (Lipinski definition) is 2. The number of hydrogen-bond acceptors (Lipinski definition) is 5. The van der Waals surface area contributed by atoms with Gasteiger partial charge in [0.1, 0.15) is 4.88 Å². The van der Waals surface area contributed by atoms with Crippen LogP contribution in [0.4, 0.5) is 11.4 Å². The van der Waals surface area contributed by atoms with Crippen LogP contribution in [0.15, 0.2) is 35.7 Å². The Bertz CT molecular complexity index is 805. The summed E-state index contributed by atoms with van der Waals surface area (Å²) in [4.78, 5) is 36.5. The lowest BCUT2D eigenvalue weighted by Crippen LogP contribution is -2.27. The second kappa shape index (κ2) is 7.48. The van der Waals surface area contributed by atoms with Crippen LogP contribution < -0.4 is 10.6 Å². The number of carbonyl (C=O) groups excluding carboxylic acids is 3. The van der Waals surface area contributed by atoms with E-state index in [1.807, 2.05) is 20.8 Å². The SMILES string of the molecule is COC(=O)c1sccc1NC(=O)c1cccc(NC(=O)C(C)(C)C)c1. The van der Waals surface area contributed by atoms with Gasteiger partial charge in [0.2, 0.25) is 5.91 Å². The number of amides is 2. The third-order valence-electron chi connectivity index (χ3n) is 3.35. The van der Waals surface area contributed by atoms with Crippen molar-refractivity contribution in [1.82, 2.24) is 0 Å². The van der Waals surface area contributed by atoms with E-state index in [1.165, 1.54) is 18.4 Å². The molecule has 2 N–H and O–H groups in total. The Kier molecular flexibility index (Phi) is 5.58. The molecular weight excluding hydrogens is 340 g/mol. The summed E-state index contributed by atoms with van der Waals surface area (Å²) in [7, 11) is 1.29. The van der Waals surface area contributed by atoms with Crippen molar-refractivity contribution < 1.29 is 19.1 Å². The molecule has 2 rings (SSSR count). The number of thiophene rings is 1. The van der Waals surface area contributed by atoms with Crippen LogP contribution in [0, 0.1) is 5.41 Å². The number of benzene rings is 1. The van der Waals surface area contributed by atoms with Gasteiger partial charge in [-0.2, -0.15) is 0 Å². The second-order valence-electron chi connectivity index (χ2n) is 6.39. The molecule has 0 atom stereocenters. The first-order valence-corrected chi connectivity index (χ1v) is 8.49. The maximum atomic E-state index is 12.4. The first kappa shape index (κ1) is 18.7. The average Bonchev–Trinajstić information content (AvgIpc) is 3.01. The molecule has 1 heterocycles. The first-order valence-electron chi connectivity index (χ1n) is 7.61. The minimum absolute atomic E-state index is 0.143. The quantitative estimate of drug-likeness (QED) is 0.813. The maximum absolute atomic E-state index is 12.4. The van der Waals surface area contributed by atoms with Gasteiger partial charge in [-0.15, -0.1) is 11.3 Å². The summed E-state index contributed by atoms with van der Waals surface area (Å²) in [6, 6.07) is 8.25. The van der Waals surface area contributed by atoms with Gasteiger partial charge in [-0.25, -0.2) is 4.79 Å². The fraction of sp³-hybridized carbons (Fsp3) is 0.278. The largest absolute Gasteiger partial charge is 0.465 e. The Morgan fingerprint density at radius 1 is 1.08 bits per heavy atom. The van der Waals surface area contributed by atoms with E-state index < -0.39 is 11.4 Å². The lowest BCUT2D eigenvalue weighted by Gasteiger charge is -2.18. The Balaban J connectivity index is 2.16.